The van der Waals surface area contributed by atoms with Crippen LogP contribution in [0.25, 0.3) is 0 Å². The fourth-order valence-electron chi connectivity index (χ4n) is 2.74. The molecule has 0 radical (unpaired) electrons. The molecule has 0 saturated carbocycles. The number of ether oxygens (including phenoxy) is 1. The summed E-state index contributed by atoms with van der Waals surface area (Å²) in [6.07, 6.45) is 2.15. The van der Waals surface area contributed by atoms with E-state index in [1.165, 1.54) is 11.1 Å². The summed E-state index contributed by atoms with van der Waals surface area (Å²) in [5, 5.41) is 12.7. The average Bonchev–Trinajstić information content (AvgIpc) is 2.76. The van der Waals surface area contributed by atoms with Gasteiger partial charge in [0.25, 0.3) is 0 Å². The van der Waals surface area contributed by atoms with Crippen molar-refractivity contribution >= 4 is 0 Å². The van der Waals surface area contributed by atoms with E-state index >= 15 is 0 Å². The van der Waals surface area contributed by atoms with Crippen molar-refractivity contribution in [1.82, 2.24) is 5.32 Å². The maximum Gasteiger partial charge on any atom is 0.124 e. The van der Waals surface area contributed by atoms with Crippen LogP contribution < -0.4 is 10.1 Å². The molecule has 2 aromatic rings. The molecule has 3 nitrogen and oxygen atoms in total. The molecule has 1 aliphatic rings. The number of hydrogen-bond acceptors (Lipinski definition) is 3. The summed E-state index contributed by atoms with van der Waals surface area (Å²) < 4.78 is 5.79. The number of aliphatic hydroxyl groups excluding tert-OH is 1. The molecule has 0 bridgehead atoms. The number of aliphatic hydroxyl groups is 1. The van der Waals surface area contributed by atoms with Crippen molar-refractivity contribution in [2.45, 2.75) is 32.0 Å². The molecule has 0 spiro atoms. The van der Waals surface area contributed by atoms with Crippen LogP contribution in [0.15, 0.2) is 48.5 Å². The molecular formula is C18H21NO2. The summed E-state index contributed by atoms with van der Waals surface area (Å²) in [4.78, 5) is 0. The number of rotatable bonds is 4. The molecule has 1 atom stereocenters. The highest BCUT2D eigenvalue weighted by Crippen LogP contribution is 2.31. The SMILES string of the molecule is OCc1ccc(CNC2CCCOc3ccccc32)cc1. The Morgan fingerprint density at radius 2 is 1.81 bits per heavy atom. The Kier molecular flexibility index (Phi) is 4.53. The molecule has 1 heterocycles. The summed E-state index contributed by atoms with van der Waals surface area (Å²) >= 11 is 0. The van der Waals surface area contributed by atoms with Gasteiger partial charge in [-0.2, -0.15) is 0 Å². The van der Waals surface area contributed by atoms with E-state index in [2.05, 4.69) is 29.6 Å². The lowest BCUT2D eigenvalue weighted by Gasteiger charge is -2.18. The molecule has 3 heteroatoms. The molecule has 0 fully saturated rings. The van der Waals surface area contributed by atoms with Crippen LogP contribution in [0.2, 0.25) is 0 Å². The summed E-state index contributed by atoms with van der Waals surface area (Å²) in [6, 6.07) is 16.7. The molecule has 2 aromatic carbocycles. The van der Waals surface area contributed by atoms with Crippen LogP contribution in [0.4, 0.5) is 0 Å². The van der Waals surface area contributed by atoms with E-state index in [9.17, 15) is 0 Å². The third kappa shape index (κ3) is 3.43. The lowest BCUT2D eigenvalue weighted by Crippen LogP contribution is -2.20. The van der Waals surface area contributed by atoms with Crippen molar-refractivity contribution in [2.75, 3.05) is 6.61 Å². The first-order valence-electron chi connectivity index (χ1n) is 7.50. The van der Waals surface area contributed by atoms with Crippen molar-refractivity contribution in [2.24, 2.45) is 0 Å². The van der Waals surface area contributed by atoms with Crippen LogP contribution in [-0.2, 0) is 13.2 Å². The first-order chi connectivity index (χ1) is 10.4. The second-order valence-corrected chi connectivity index (χ2v) is 5.44. The Bertz CT molecular complexity index is 580. The Morgan fingerprint density at radius 3 is 2.62 bits per heavy atom. The van der Waals surface area contributed by atoms with Gasteiger partial charge in [-0.15, -0.1) is 0 Å². The Morgan fingerprint density at radius 1 is 1.05 bits per heavy atom. The van der Waals surface area contributed by atoms with Gasteiger partial charge in [0.1, 0.15) is 5.75 Å². The van der Waals surface area contributed by atoms with Gasteiger partial charge in [0.2, 0.25) is 0 Å². The molecule has 2 N–H and O–H groups in total. The predicted molar refractivity (Wildman–Crippen MR) is 83.1 cm³/mol. The molecule has 0 amide bonds. The largest absolute Gasteiger partial charge is 0.493 e. The van der Waals surface area contributed by atoms with Crippen molar-refractivity contribution < 1.29 is 9.84 Å². The van der Waals surface area contributed by atoms with Gasteiger partial charge in [0.15, 0.2) is 0 Å². The lowest BCUT2D eigenvalue weighted by atomic mass is 10.0. The summed E-state index contributed by atoms with van der Waals surface area (Å²) in [5.41, 5.74) is 3.43. The maximum absolute atomic E-state index is 9.07. The van der Waals surface area contributed by atoms with Gasteiger partial charge >= 0.3 is 0 Å². The summed E-state index contributed by atoms with van der Waals surface area (Å²) in [7, 11) is 0. The van der Waals surface area contributed by atoms with Gasteiger partial charge in [-0.05, 0) is 30.0 Å². The van der Waals surface area contributed by atoms with Crippen LogP contribution in [0, 0.1) is 0 Å². The van der Waals surface area contributed by atoms with Crippen LogP contribution in [0.3, 0.4) is 0 Å². The minimum Gasteiger partial charge on any atom is -0.493 e. The van der Waals surface area contributed by atoms with E-state index in [1.54, 1.807) is 0 Å². The third-order valence-electron chi connectivity index (χ3n) is 3.95. The van der Waals surface area contributed by atoms with E-state index in [0.717, 1.165) is 37.3 Å². The summed E-state index contributed by atoms with van der Waals surface area (Å²) in [5.74, 6) is 1.00. The van der Waals surface area contributed by atoms with Gasteiger partial charge in [-0.25, -0.2) is 0 Å². The first kappa shape index (κ1) is 14.1. The van der Waals surface area contributed by atoms with E-state index in [0.29, 0.717) is 6.04 Å². The van der Waals surface area contributed by atoms with Crippen molar-refractivity contribution in [3.63, 3.8) is 0 Å². The fraction of sp³-hybridized carbons (Fsp3) is 0.333. The molecule has 1 aliphatic heterocycles. The van der Waals surface area contributed by atoms with Crippen LogP contribution in [0.5, 0.6) is 5.75 Å². The molecule has 0 saturated heterocycles. The second-order valence-electron chi connectivity index (χ2n) is 5.44. The van der Waals surface area contributed by atoms with Crippen molar-refractivity contribution in [3.05, 3.63) is 65.2 Å². The van der Waals surface area contributed by atoms with E-state index in [4.69, 9.17) is 9.84 Å². The highest BCUT2D eigenvalue weighted by molar-refractivity contribution is 5.36. The normalized spacial score (nSPS) is 17.7. The second kappa shape index (κ2) is 6.74. The number of para-hydroxylation sites is 1. The number of nitrogens with one attached hydrogen (secondary N) is 1. The fourth-order valence-corrected chi connectivity index (χ4v) is 2.74. The molecule has 0 aromatic heterocycles. The lowest BCUT2D eigenvalue weighted by molar-refractivity contribution is 0.282. The van der Waals surface area contributed by atoms with Gasteiger partial charge in [-0.3, -0.25) is 0 Å². The van der Waals surface area contributed by atoms with Gasteiger partial charge < -0.3 is 15.2 Å². The zero-order valence-electron chi connectivity index (χ0n) is 12.1. The molecule has 21 heavy (non-hydrogen) atoms. The Balaban J connectivity index is 1.69. The Hall–Kier alpha value is -1.84. The topological polar surface area (TPSA) is 41.5 Å². The van der Waals surface area contributed by atoms with Crippen molar-refractivity contribution in [3.8, 4) is 5.75 Å². The predicted octanol–water partition coefficient (Wildman–Crippen LogP) is 3.18. The molecule has 110 valence electrons. The smallest absolute Gasteiger partial charge is 0.124 e. The van der Waals surface area contributed by atoms with Crippen LogP contribution >= 0.6 is 0 Å². The zero-order chi connectivity index (χ0) is 14.5. The maximum atomic E-state index is 9.07. The highest BCUT2D eigenvalue weighted by atomic mass is 16.5. The highest BCUT2D eigenvalue weighted by Gasteiger charge is 2.18. The van der Waals surface area contributed by atoms with Gasteiger partial charge in [0.05, 0.1) is 13.2 Å². The van der Waals surface area contributed by atoms with Crippen LogP contribution in [0.1, 0.15) is 35.6 Å². The van der Waals surface area contributed by atoms with Crippen molar-refractivity contribution in [1.29, 1.82) is 0 Å². The minimum absolute atomic E-state index is 0.0983. The molecule has 3 rings (SSSR count). The minimum atomic E-state index is 0.0983. The quantitative estimate of drug-likeness (QED) is 0.905. The Labute approximate surface area is 125 Å². The van der Waals surface area contributed by atoms with E-state index < -0.39 is 0 Å². The van der Waals surface area contributed by atoms with E-state index in [1.807, 2.05) is 24.3 Å². The van der Waals surface area contributed by atoms with E-state index in [-0.39, 0.29) is 6.61 Å². The number of benzene rings is 2. The average molecular weight is 283 g/mol. The van der Waals surface area contributed by atoms with Gasteiger partial charge in [0, 0.05) is 18.2 Å². The molecular weight excluding hydrogens is 262 g/mol. The van der Waals surface area contributed by atoms with Crippen LogP contribution in [-0.4, -0.2) is 11.7 Å². The third-order valence-corrected chi connectivity index (χ3v) is 3.95. The van der Waals surface area contributed by atoms with Gasteiger partial charge in [-0.1, -0.05) is 42.5 Å². The zero-order valence-corrected chi connectivity index (χ0v) is 12.1. The number of hydrogen-bond donors (Lipinski definition) is 2. The monoisotopic (exact) mass is 283 g/mol. The molecule has 0 aliphatic carbocycles. The summed E-state index contributed by atoms with van der Waals surface area (Å²) in [6.45, 7) is 1.71. The standard InChI is InChI=1S/C18H21NO2/c20-13-15-9-7-14(8-10-15)12-19-17-5-3-11-21-18-6-2-1-4-16(17)18/h1-2,4,6-10,17,19-20H,3,5,11-13H2. The number of fused-ring (bicyclic) bond motifs is 1. The first-order valence-corrected chi connectivity index (χ1v) is 7.50. The molecule has 1 unspecified atom stereocenters.